The van der Waals surface area contributed by atoms with Crippen LogP contribution < -0.4 is 0 Å². The Balaban J connectivity index is 1.95. The van der Waals surface area contributed by atoms with Gasteiger partial charge in [-0.3, -0.25) is 0 Å². The van der Waals surface area contributed by atoms with Crippen LogP contribution in [-0.4, -0.2) is 22.3 Å². The van der Waals surface area contributed by atoms with Crippen molar-refractivity contribution in [2.24, 2.45) is 0 Å². The Hall–Kier alpha value is -2.39. The summed E-state index contributed by atoms with van der Waals surface area (Å²) in [6, 6.07) is 16.6. The molecule has 1 atom stereocenters. The largest absolute Gasteiger partial charge is 0.478 e. The van der Waals surface area contributed by atoms with Gasteiger partial charge in [0.15, 0.2) is 0 Å². The minimum absolute atomic E-state index is 0.270. The van der Waals surface area contributed by atoms with E-state index in [0.717, 1.165) is 5.56 Å². The number of rotatable bonds is 6. The average molecular weight is 282 g/mol. The molecule has 0 saturated carbocycles. The van der Waals surface area contributed by atoms with Gasteiger partial charge in [0.25, 0.3) is 0 Å². The van der Waals surface area contributed by atoms with Gasteiger partial charge in [-0.05, 0) is 30.0 Å². The molecule has 1 unspecified atom stereocenters. The molecule has 0 radical (unpaired) electrons. The van der Waals surface area contributed by atoms with Gasteiger partial charge in [0.05, 0.1) is 11.7 Å². The van der Waals surface area contributed by atoms with Gasteiger partial charge in [-0.25, -0.2) is 4.79 Å². The number of carboxylic acids is 1. The number of aliphatic hydroxyl groups excluding tert-OH is 1. The van der Waals surface area contributed by atoms with E-state index in [1.54, 1.807) is 30.3 Å². The van der Waals surface area contributed by atoms with Crippen LogP contribution >= 0.6 is 0 Å². The number of carboxylic acid groups (broad SMARTS) is 1. The van der Waals surface area contributed by atoms with E-state index in [-0.39, 0.29) is 5.56 Å². The summed E-state index contributed by atoms with van der Waals surface area (Å²) in [5.74, 6) is -0.944. The third kappa shape index (κ3) is 4.58. The second-order valence-electron chi connectivity index (χ2n) is 4.87. The summed E-state index contributed by atoms with van der Waals surface area (Å²) in [5, 5.41) is 19.1. The van der Waals surface area contributed by atoms with Crippen molar-refractivity contribution >= 4 is 12.0 Å². The van der Waals surface area contributed by atoms with Crippen LogP contribution in [-0.2, 0) is 6.42 Å². The summed E-state index contributed by atoms with van der Waals surface area (Å²) >= 11 is 0. The Labute approximate surface area is 124 Å². The topological polar surface area (TPSA) is 57.5 Å². The van der Waals surface area contributed by atoms with Crippen LogP contribution in [0.15, 0.2) is 60.7 Å². The first-order chi connectivity index (χ1) is 10.2. The summed E-state index contributed by atoms with van der Waals surface area (Å²) in [5.41, 5.74) is 2.01. The highest BCUT2D eigenvalue weighted by Crippen LogP contribution is 2.12. The molecule has 3 nitrogen and oxygen atoms in total. The number of benzene rings is 2. The van der Waals surface area contributed by atoms with Crippen LogP contribution in [0.2, 0.25) is 0 Å². The molecule has 0 heterocycles. The molecule has 2 aromatic carbocycles. The van der Waals surface area contributed by atoms with Crippen molar-refractivity contribution in [3.63, 3.8) is 0 Å². The van der Waals surface area contributed by atoms with Crippen molar-refractivity contribution in [3.05, 3.63) is 77.4 Å². The summed E-state index contributed by atoms with van der Waals surface area (Å²) in [6.07, 6.45) is 4.17. The van der Waals surface area contributed by atoms with Gasteiger partial charge in [-0.2, -0.15) is 0 Å². The molecule has 2 rings (SSSR count). The molecule has 0 aliphatic rings. The van der Waals surface area contributed by atoms with Gasteiger partial charge in [-0.15, -0.1) is 0 Å². The maximum Gasteiger partial charge on any atom is 0.336 e. The van der Waals surface area contributed by atoms with Crippen molar-refractivity contribution in [1.29, 1.82) is 0 Å². The normalized spacial score (nSPS) is 12.4. The molecule has 0 saturated heterocycles. The van der Waals surface area contributed by atoms with Crippen molar-refractivity contribution in [1.82, 2.24) is 0 Å². The lowest BCUT2D eigenvalue weighted by Gasteiger charge is -2.07. The fraction of sp³-hybridized carbons (Fsp3) is 0.167. The van der Waals surface area contributed by atoms with Crippen molar-refractivity contribution < 1.29 is 15.0 Å². The zero-order valence-corrected chi connectivity index (χ0v) is 11.6. The third-order valence-corrected chi connectivity index (χ3v) is 3.21. The van der Waals surface area contributed by atoms with Gasteiger partial charge in [0, 0.05) is 0 Å². The Kier molecular flexibility index (Phi) is 5.29. The van der Waals surface area contributed by atoms with Crippen LogP contribution in [0, 0.1) is 0 Å². The highest BCUT2D eigenvalue weighted by Gasteiger charge is 2.07. The maximum absolute atomic E-state index is 11.1. The highest BCUT2D eigenvalue weighted by molar-refractivity contribution is 5.92. The second-order valence-corrected chi connectivity index (χ2v) is 4.87. The van der Waals surface area contributed by atoms with E-state index < -0.39 is 12.1 Å². The smallest absolute Gasteiger partial charge is 0.336 e. The standard InChI is InChI=1S/C18H18O3/c19-16(13-14-7-2-1-3-8-14)11-6-10-15-9-4-5-12-17(15)18(20)21/h1-10,12,16,19H,11,13H2,(H,20,21). The Morgan fingerprint density at radius 2 is 1.71 bits per heavy atom. The molecule has 108 valence electrons. The lowest BCUT2D eigenvalue weighted by atomic mass is 10.0. The number of aliphatic hydroxyl groups is 1. The number of hydrogen-bond donors (Lipinski definition) is 2. The van der Waals surface area contributed by atoms with E-state index in [4.69, 9.17) is 5.11 Å². The zero-order chi connectivity index (χ0) is 15.1. The lowest BCUT2D eigenvalue weighted by Crippen LogP contribution is -2.08. The first-order valence-electron chi connectivity index (χ1n) is 6.87. The van der Waals surface area contributed by atoms with Crippen molar-refractivity contribution in [3.8, 4) is 0 Å². The molecule has 2 aromatic rings. The van der Waals surface area contributed by atoms with E-state index in [2.05, 4.69) is 0 Å². The summed E-state index contributed by atoms with van der Waals surface area (Å²) < 4.78 is 0. The molecular formula is C18H18O3. The summed E-state index contributed by atoms with van der Waals surface area (Å²) in [7, 11) is 0. The van der Waals surface area contributed by atoms with Crippen LogP contribution in [0.1, 0.15) is 27.9 Å². The molecule has 0 aromatic heterocycles. The highest BCUT2D eigenvalue weighted by atomic mass is 16.4. The first kappa shape index (κ1) is 15.0. The fourth-order valence-corrected chi connectivity index (χ4v) is 2.16. The second kappa shape index (κ2) is 7.41. The molecule has 3 heteroatoms. The van der Waals surface area contributed by atoms with E-state index in [9.17, 15) is 9.90 Å². The van der Waals surface area contributed by atoms with Gasteiger partial charge >= 0.3 is 5.97 Å². The molecule has 21 heavy (non-hydrogen) atoms. The Bertz CT molecular complexity index is 617. The zero-order valence-electron chi connectivity index (χ0n) is 11.6. The minimum Gasteiger partial charge on any atom is -0.478 e. The molecule has 0 aliphatic heterocycles. The Morgan fingerprint density at radius 1 is 1.05 bits per heavy atom. The van der Waals surface area contributed by atoms with Crippen molar-refractivity contribution in [2.75, 3.05) is 0 Å². The predicted molar refractivity (Wildman–Crippen MR) is 83.2 cm³/mol. The van der Waals surface area contributed by atoms with E-state index in [0.29, 0.717) is 18.4 Å². The molecule has 0 amide bonds. The number of hydrogen-bond acceptors (Lipinski definition) is 2. The van der Waals surface area contributed by atoms with Gasteiger partial charge in [0.1, 0.15) is 0 Å². The SMILES string of the molecule is O=C(O)c1ccccc1C=CCC(O)Cc1ccccc1. The van der Waals surface area contributed by atoms with Crippen molar-refractivity contribution in [2.45, 2.75) is 18.9 Å². The monoisotopic (exact) mass is 282 g/mol. The van der Waals surface area contributed by atoms with Crippen LogP contribution in [0.3, 0.4) is 0 Å². The van der Waals surface area contributed by atoms with E-state index in [1.807, 2.05) is 36.4 Å². The van der Waals surface area contributed by atoms with Crippen LogP contribution in [0.25, 0.3) is 6.08 Å². The molecule has 0 bridgehead atoms. The molecular weight excluding hydrogens is 264 g/mol. The van der Waals surface area contributed by atoms with E-state index >= 15 is 0 Å². The molecule has 0 spiro atoms. The molecule has 2 N–H and O–H groups in total. The first-order valence-corrected chi connectivity index (χ1v) is 6.87. The van der Waals surface area contributed by atoms with Gasteiger partial charge in [0.2, 0.25) is 0 Å². The summed E-state index contributed by atoms with van der Waals surface area (Å²) in [4.78, 5) is 11.1. The quantitative estimate of drug-likeness (QED) is 0.853. The molecule has 0 aliphatic carbocycles. The summed E-state index contributed by atoms with van der Waals surface area (Å²) in [6.45, 7) is 0. The Morgan fingerprint density at radius 3 is 2.43 bits per heavy atom. The lowest BCUT2D eigenvalue weighted by molar-refractivity contribution is 0.0696. The van der Waals surface area contributed by atoms with Gasteiger partial charge < -0.3 is 10.2 Å². The molecule has 0 fully saturated rings. The van der Waals surface area contributed by atoms with E-state index in [1.165, 1.54) is 0 Å². The van der Waals surface area contributed by atoms with Crippen LogP contribution in [0.5, 0.6) is 0 Å². The average Bonchev–Trinajstić information content (AvgIpc) is 2.48. The predicted octanol–water partition coefficient (Wildman–Crippen LogP) is 3.39. The number of carbonyl (C=O) groups is 1. The van der Waals surface area contributed by atoms with Crippen LogP contribution in [0.4, 0.5) is 0 Å². The third-order valence-electron chi connectivity index (χ3n) is 3.21. The fourth-order valence-electron chi connectivity index (χ4n) is 2.16. The maximum atomic E-state index is 11.1. The number of aromatic carboxylic acids is 1. The minimum atomic E-state index is -0.944. The van der Waals surface area contributed by atoms with Gasteiger partial charge in [-0.1, -0.05) is 60.7 Å².